The number of aryl methyl sites for hydroxylation is 1. The molecule has 0 heterocycles. The number of nitrogens with two attached hydrogens (primary N) is 1. The van der Waals surface area contributed by atoms with Crippen LogP contribution in [0.25, 0.3) is 0 Å². The third-order valence-electron chi connectivity index (χ3n) is 4.06. The summed E-state index contributed by atoms with van der Waals surface area (Å²) in [5.41, 5.74) is 7.94. The second kappa shape index (κ2) is 6.86. The van der Waals surface area contributed by atoms with Crippen molar-refractivity contribution in [2.24, 2.45) is 5.73 Å². The number of rotatable bonds is 4. The van der Waals surface area contributed by atoms with Crippen LogP contribution in [0.4, 0.5) is 5.69 Å². The maximum atomic E-state index is 12.1. The van der Waals surface area contributed by atoms with E-state index in [0.29, 0.717) is 18.6 Å². The van der Waals surface area contributed by atoms with Crippen LogP contribution in [0.15, 0.2) is 24.3 Å². The summed E-state index contributed by atoms with van der Waals surface area (Å²) < 4.78 is 0. The number of hydrogen-bond acceptors (Lipinski definition) is 3. The van der Waals surface area contributed by atoms with Gasteiger partial charge in [0.1, 0.15) is 0 Å². The first-order valence-electron chi connectivity index (χ1n) is 7.37. The molecule has 2 rings (SSSR count). The lowest BCUT2D eigenvalue weighted by molar-refractivity contribution is -0.117. The van der Waals surface area contributed by atoms with E-state index in [1.165, 1.54) is 0 Å². The van der Waals surface area contributed by atoms with E-state index in [2.05, 4.69) is 10.2 Å². The second-order valence-corrected chi connectivity index (χ2v) is 5.90. The highest BCUT2D eigenvalue weighted by Crippen LogP contribution is 2.21. The fourth-order valence-corrected chi connectivity index (χ4v) is 2.82. The number of anilines is 1. The van der Waals surface area contributed by atoms with E-state index < -0.39 is 0 Å². The summed E-state index contributed by atoms with van der Waals surface area (Å²) in [6.45, 7) is 2.46. The Morgan fingerprint density at radius 2 is 2.05 bits per heavy atom. The molecule has 1 aliphatic rings. The molecule has 1 amide bonds. The quantitative estimate of drug-likeness (QED) is 0.885. The molecule has 0 aromatic heterocycles. The van der Waals surface area contributed by atoms with Crippen LogP contribution in [-0.4, -0.2) is 36.5 Å². The first kappa shape index (κ1) is 15.0. The number of carbonyl (C=O) groups excluding carboxylic acids is 1. The summed E-state index contributed by atoms with van der Waals surface area (Å²) >= 11 is 0. The first-order chi connectivity index (χ1) is 9.54. The van der Waals surface area contributed by atoms with Gasteiger partial charge in [0.15, 0.2) is 0 Å². The van der Waals surface area contributed by atoms with E-state index in [0.717, 1.165) is 36.9 Å². The molecule has 0 spiro atoms. The zero-order chi connectivity index (χ0) is 14.5. The zero-order valence-electron chi connectivity index (χ0n) is 12.4. The van der Waals surface area contributed by atoms with E-state index in [4.69, 9.17) is 5.73 Å². The van der Waals surface area contributed by atoms with Gasteiger partial charge in [0, 0.05) is 17.8 Å². The minimum Gasteiger partial charge on any atom is -0.328 e. The van der Waals surface area contributed by atoms with Crippen LogP contribution in [-0.2, 0) is 4.79 Å². The molecule has 0 unspecified atom stereocenters. The normalized spacial score (nSPS) is 22.8. The molecule has 3 N–H and O–H groups in total. The smallest absolute Gasteiger partial charge is 0.238 e. The average Bonchev–Trinajstić information content (AvgIpc) is 2.39. The lowest BCUT2D eigenvalue weighted by atomic mass is 9.91. The molecular weight excluding hydrogens is 250 g/mol. The minimum atomic E-state index is 0.0490. The van der Waals surface area contributed by atoms with Crippen molar-refractivity contribution in [1.29, 1.82) is 0 Å². The molecule has 110 valence electrons. The van der Waals surface area contributed by atoms with E-state index in [1.54, 1.807) is 0 Å². The van der Waals surface area contributed by atoms with E-state index >= 15 is 0 Å². The van der Waals surface area contributed by atoms with Gasteiger partial charge in [-0.3, -0.25) is 9.69 Å². The Balaban J connectivity index is 1.82. The fraction of sp³-hybridized carbons (Fsp3) is 0.562. The maximum absolute atomic E-state index is 12.1. The molecule has 0 atom stereocenters. The van der Waals surface area contributed by atoms with E-state index in [-0.39, 0.29) is 5.91 Å². The Morgan fingerprint density at radius 3 is 2.70 bits per heavy atom. The molecule has 1 fully saturated rings. The summed E-state index contributed by atoms with van der Waals surface area (Å²) in [5, 5.41) is 2.96. The van der Waals surface area contributed by atoms with Crippen molar-refractivity contribution in [2.75, 3.05) is 18.9 Å². The van der Waals surface area contributed by atoms with Crippen molar-refractivity contribution in [3.05, 3.63) is 29.8 Å². The first-order valence-corrected chi connectivity index (χ1v) is 7.37. The van der Waals surface area contributed by atoms with Crippen molar-refractivity contribution < 1.29 is 4.79 Å². The van der Waals surface area contributed by atoms with Gasteiger partial charge in [-0.1, -0.05) is 12.1 Å². The Morgan fingerprint density at radius 1 is 1.35 bits per heavy atom. The number of benzene rings is 1. The predicted molar refractivity (Wildman–Crippen MR) is 82.7 cm³/mol. The van der Waals surface area contributed by atoms with Gasteiger partial charge in [0.2, 0.25) is 5.91 Å². The lowest BCUT2D eigenvalue weighted by Crippen LogP contribution is -2.42. The van der Waals surface area contributed by atoms with Gasteiger partial charge in [0.25, 0.3) is 0 Å². The van der Waals surface area contributed by atoms with Gasteiger partial charge in [-0.05, 0) is 57.4 Å². The zero-order valence-corrected chi connectivity index (χ0v) is 12.4. The van der Waals surface area contributed by atoms with Crippen LogP contribution in [0.5, 0.6) is 0 Å². The molecule has 0 radical (unpaired) electrons. The Hall–Kier alpha value is -1.39. The monoisotopic (exact) mass is 275 g/mol. The molecule has 4 nitrogen and oxygen atoms in total. The van der Waals surface area contributed by atoms with Gasteiger partial charge in [0.05, 0.1) is 6.54 Å². The highest BCUT2D eigenvalue weighted by atomic mass is 16.2. The number of hydrogen-bond donors (Lipinski definition) is 2. The molecular formula is C16H25N3O. The maximum Gasteiger partial charge on any atom is 0.238 e. The number of likely N-dealkylation sites (N-methyl/N-ethyl adjacent to an activating group) is 1. The summed E-state index contributed by atoms with van der Waals surface area (Å²) in [5.74, 6) is 0.0490. The minimum absolute atomic E-state index is 0.0490. The topological polar surface area (TPSA) is 58.4 Å². The van der Waals surface area contributed by atoms with Gasteiger partial charge >= 0.3 is 0 Å². The summed E-state index contributed by atoms with van der Waals surface area (Å²) in [6, 6.07) is 8.71. The Labute approximate surface area is 121 Å². The van der Waals surface area contributed by atoms with E-state index in [1.807, 2.05) is 38.2 Å². The van der Waals surface area contributed by atoms with Crippen LogP contribution in [0.2, 0.25) is 0 Å². The average molecular weight is 275 g/mol. The largest absolute Gasteiger partial charge is 0.328 e. The third kappa shape index (κ3) is 4.32. The number of carbonyl (C=O) groups is 1. The summed E-state index contributed by atoms with van der Waals surface area (Å²) in [6.07, 6.45) is 4.31. The van der Waals surface area contributed by atoms with Crippen LogP contribution in [0.1, 0.15) is 31.2 Å². The Bertz CT molecular complexity index is 453. The van der Waals surface area contributed by atoms with Crippen molar-refractivity contribution in [1.82, 2.24) is 4.90 Å². The van der Waals surface area contributed by atoms with Gasteiger partial charge in [-0.25, -0.2) is 0 Å². The van der Waals surface area contributed by atoms with Crippen molar-refractivity contribution >= 4 is 11.6 Å². The predicted octanol–water partition coefficient (Wildman–Crippen LogP) is 2.14. The molecule has 4 heteroatoms. The number of nitrogens with zero attached hydrogens (tertiary/aromatic N) is 1. The van der Waals surface area contributed by atoms with Gasteiger partial charge in [-0.15, -0.1) is 0 Å². The molecule has 0 saturated heterocycles. The highest BCUT2D eigenvalue weighted by Gasteiger charge is 2.23. The third-order valence-corrected chi connectivity index (χ3v) is 4.06. The molecule has 1 aliphatic carbocycles. The van der Waals surface area contributed by atoms with Crippen molar-refractivity contribution in [3.63, 3.8) is 0 Å². The van der Waals surface area contributed by atoms with Crippen molar-refractivity contribution in [3.8, 4) is 0 Å². The standard InChI is InChI=1S/C16H25N3O/c1-12-4-3-5-14(10-12)18-16(20)11-19(2)15-8-6-13(17)7-9-15/h3-5,10,13,15H,6-9,11,17H2,1-2H3,(H,18,20). The summed E-state index contributed by atoms with van der Waals surface area (Å²) in [4.78, 5) is 14.2. The number of amides is 1. The number of nitrogens with one attached hydrogen (secondary N) is 1. The van der Waals surface area contributed by atoms with Crippen LogP contribution >= 0.6 is 0 Å². The molecule has 0 bridgehead atoms. The Kier molecular flexibility index (Phi) is 5.15. The van der Waals surface area contributed by atoms with Crippen LogP contribution in [0.3, 0.4) is 0 Å². The van der Waals surface area contributed by atoms with Crippen molar-refractivity contribution in [2.45, 2.75) is 44.7 Å². The molecule has 1 aromatic carbocycles. The fourth-order valence-electron chi connectivity index (χ4n) is 2.82. The summed E-state index contributed by atoms with van der Waals surface area (Å²) in [7, 11) is 2.03. The molecule has 20 heavy (non-hydrogen) atoms. The SMILES string of the molecule is Cc1cccc(NC(=O)CN(C)C2CCC(N)CC2)c1. The van der Waals surface area contributed by atoms with E-state index in [9.17, 15) is 4.79 Å². The lowest BCUT2D eigenvalue weighted by Gasteiger charge is -2.33. The van der Waals surface area contributed by atoms with Crippen LogP contribution < -0.4 is 11.1 Å². The van der Waals surface area contributed by atoms with Gasteiger partial charge in [-0.2, -0.15) is 0 Å². The molecule has 1 aromatic rings. The molecule has 1 saturated carbocycles. The molecule has 0 aliphatic heterocycles. The van der Waals surface area contributed by atoms with Gasteiger partial charge < -0.3 is 11.1 Å². The highest BCUT2D eigenvalue weighted by molar-refractivity contribution is 5.92. The van der Waals surface area contributed by atoms with Crippen LogP contribution in [0, 0.1) is 6.92 Å². The second-order valence-electron chi connectivity index (χ2n) is 5.90.